The van der Waals surface area contributed by atoms with E-state index < -0.39 is 10.0 Å². The molecule has 0 aromatic heterocycles. The van der Waals surface area contributed by atoms with Gasteiger partial charge in [0.15, 0.2) is 0 Å². The first-order valence-electron chi connectivity index (χ1n) is 9.15. The van der Waals surface area contributed by atoms with Crippen LogP contribution in [0.1, 0.15) is 22.8 Å². The minimum absolute atomic E-state index is 0.103. The van der Waals surface area contributed by atoms with Crippen molar-refractivity contribution in [1.82, 2.24) is 9.21 Å². The SMILES string of the molecule is CCOc1ccccc1C(=O)N1CCN(S(=O)(=O)c2cc(C)ccc2O)CC1. The second kappa shape index (κ2) is 8.20. The quantitative estimate of drug-likeness (QED) is 0.826. The van der Waals surface area contributed by atoms with Crippen molar-refractivity contribution in [2.45, 2.75) is 18.7 Å². The molecule has 7 nitrogen and oxygen atoms in total. The number of sulfonamides is 1. The Hall–Kier alpha value is -2.58. The number of rotatable bonds is 5. The number of piperazine rings is 1. The molecule has 150 valence electrons. The third kappa shape index (κ3) is 3.98. The predicted molar refractivity (Wildman–Crippen MR) is 105 cm³/mol. The Kier molecular flexibility index (Phi) is 5.90. The molecule has 1 fully saturated rings. The molecule has 0 aliphatic carbocycles. The van der Waals surface area contributed by atoms with Gasteiger partial charge < -0.3 is 14.7 Å². The van der Waals surface area contributed by atoms with E-state index in [4.69, 9.17) is 4.74 Å². The summed E-state index contributed by atoms with van der Waals surface area (Å²) in [5, 5.41) is 9.99. The minimum atomic E-state index is -3.83. The first-order chi connectivity index (χ1) is 13.3. The summed E-state index contributed by atoms with van der Waals surface area (Å²) in [4.78, 5) is 14.4. The predicted octanol–water partition coefficient (Wildman–Crippen LogP) is 2.25. The molecular weight excluding hydrogens is 380 g/mol. The van der Waals surface area contributed by atoms with Crippen LogP contribution in [-0.2, 0) is 10.0 Å². The number of phenolic OH excluding ortho intramolecular Hbond substituents is 1. The molecule has 1 aliphatic rings. The van der Waals surface area contributed by atoms with Gasteiger partial charge >= 0.3 is 0 Å². The van der Waals surface area contributed by atoms with Gasteiger partial charge in [0.25, 0.3) is 5.91 Å². The molecule has 1 saturated heterocycles. The number of aryl methyl sites for hydroxylation is 1. The van der Waals surface area contributed by atoms with Crippen LogP contribution in [0.2, 0.25) is 0 Å². The van der Waals surface area contributed by atoms with Crippen LogP contribution in [0.25, 0.3) is 0 Å². The Bertz CT molecular complexity index is 966. The maximum absolute atomic E-state index is 12.9. The number of amides is 1. The van der Waals surface area contributed by atoms with Crippen LogP contribution in [0.4, 0.5) is 0 Å². The molecular formula is C20H24N2O5S. The lowest BCUT2D eigenvalue weighted by atomic mass is 10.1. The summed E-state index contributed by atoms with van der Waals surface area (Å²) in [6, 6.07) is 11.5. The van der Waals surface area contributed by atoms with Crippen molar-refractivity contribution in [3.63, 3.8) is 0 Å². The summed E-state index contributed by atoms with van der Waals surface area (Å²) < 4.78 is 32.6. The van der Waals surface area contributed by atoms with Gasteiger partial charge in [-0.05, 0) is 43.7 Å². The fourth-order valence-corrected chi connectivity index (χ4v) is 4.78. The van der Waals surface area contributed by atoms with E-state index in [0.717, 1.165) is 5.56 Å². The number of nitrogens with zero attached hydrogens (tertiary/aromatic N) is 2. The van der Waals surface area contributed by atoms with Gasteiger partial charge in [-0.1, -0.05) is 18.2 Å². The average molecular weight is 404 g/mol. The van der Waals surface area contributed by atoms with Crippen molar-refractivity contribution in [1.29, 1.82) is 0 Å². The molecule has 0 saturated carbocycles. The molecule has 2 aromatic rings. The van der Waals surface area contributed by atoms with Gasteiger partial charge in [-0.25, -0.2) is 8.42 Å². The van der Waals surface area contributed by atoms with Crippen LogP contribution in [0, 0.1) is 6.92 Å². The molecule has 0 radical (unpaired) electrons. The van der Waals surface area contributed by atoms with Crippen molar-refractivity contribution in [2.75, 3.05) is 32.8 Å². The first kappa shape index (κ1) is 20.2. The Balaban J connectivity index is 1.74. The smallest absolute Gasteiger partial charge is 0.257 e. The molecule has 0 unspecified atom stereocenters. The highest BCUT2D eigenvalue weighted by molar-refractivity contribution is 7.89. The van der Waals surface area contributed by atoms with Gasteiger partial charge in [0.2, 0.25) is 10.0 Å². The van der Waals surface area contributed by atoms with Crippen molar-refractivity contribution in [3.8, 4) is 11.5 Å². The molecule has 28 heavy (non-hydrogen) atoms. The summed E-state index contributed by atoms with van der Waals surface area (Å²) >= 11 is 0. The van der Waals surface area contributed by atoms with Crippen molar-refractivity contribution >= 4 is 15.9 Å². The molecule has 1 aliphatic heterocycles. The third-order valence-electron chi connectivity index (χ3n) is 4.68. The van der Waals surface area contributed by atoms with Crippen LogP contribution in [0.15, 0.2) is 47.4 Å². The van der Waals surface area contributed by atoms with Gasteiger partial charge in [-0.15, -0.1) is 0 Å². The Morgan fingerprint density at radius 1 is 1.11 bits per heavy atom. The number of para-hydroxylation sites is 1. The number of ether oxygens (including phenoxy) is 1. The summed E-state index contributed by atoms with van der Waals surface area (Å²) in [5.41, 5.74) is 1.22. The van der Waals surface area contributed by atoms with Crippen molar-refractivity contribution in [3.05, 3.63) is 53.6 Å². The molecule has 2 aromatic carbocycles. The van der Waals surface area contributed by atoms with Crippen LogP contribution in [-0.4, -0.2) is 61.4 Å². The van der Waals surface area contributed by atoms with Crippen molar-refractivity contribution < 1.29 is 23.1 Å². The number of hydrogen-bond donors (Lipinski definition) is 1. The highest BCUT2D eigenvalue weighted by Gasteiger charge is 2.32. The van der Waals surface area contributed by atoms with Gasteiger partial charge in [0.1, 0.15) is 16.4 Å². The zero-order valence-electron chi connectivity index (χ0n) is 16.0. The zero-order valence-corrected chi connectivity index (χ0v) is 16.8. The number of hydrogen-bond acceptors (Lipinski definition) is 5. The zero-order chi connectivity index (χ0) is 20.3. The van der Waals surface area contributed by atoms with Crippen LogP contribution >= 0.6 is 0 Å². The van der Waals surface area contributed by atoms with E-state index in [2.05, 4.69) is 0 Å². The van der Waals surface area contributed by atoms with E-state index >= 15 is 0 Å². The lowest BCUT2D eigenvalue weighted by molar-refractivity contribution is 0.0693. The van der Waals surface area contributed by atoms with Crippen molar-refractivity contribution in [2.24, 2.45) is 0 Å². The number of phenols is 1. The number of benzene rings is 2. The molecule has 0 spiro atoms. The lowest BCUT2D eigenvalue weighted by Crippen LogP contribution is -2.50. The highest BCUT2D eigenvalue weighted by atomic mass is 32.2. The summed E-state index contributed by atoms with van der Waals surface area (Å²) in [5.74, 6) is 0.0731. The number of carbonyl (C=O) groups excluding carboxylic acids is 1. The van der Waals surface area contributed by atoms with Gasteiger partial charge in [-0.3, -0.25) is 4.79 Å². The fraction of sp³-hybridized carbons (Fsp3) is 0.350. The number of carbonyl (C=O) groups is 1. The second-order valence-corrected chi connectivity index (χ2v) is 8.50. The monoisotopic (exact) mass is 404 g/mol. The van der Waals surface area contributed by atoms with Gasteiger partial charge in [-0.2, -0.15) is 4.31 Å². The Morgan fingerprint density at radius 3 is 2.46 bits per heavy atom. The number of aromatic hydroxyl groups is 1. The van der Waals surface area contributed by atoms with E-state index in [9.17, 15) is 18.3 Å². The second-order valence-electron chi connectivity index (χ2n) is 6.60. The van der Waals surface area contributed by atoms with Gasteiger partial charge in [0.05, 0.1) is 12.2 Å². The Morgan fingerprint density at radius 2 is 1.79 bits per heavy atom. The molecule has 0 atom stereocenters. The standard InChI is InChI=1S/C20H24N2O5S/c1-3-27-18-7-5-4-6-16(18)20(24)21-10-12-22(13-11-21)28(25,26)19-14-15(2)8-9-17(19)23/h4-9,14,23H,3,10-13H2,1-2H3. The third-order valence-corrected chi connectivity index (χ3v) is 6.60. The maximum Gasteiger partial charge on any atom is 0.257 e. The van der Waals surface area contributed by atoms with E-state index in [1.54, 1.807) is 42.2 Å². The highest BCUT2D eigenvalue weighted by Crippen LogP contribution is 2.28. The topological polar surface area (TPSA) is 87.2 Å². The Labute approximate surface area is 165 Å². The maximum atomic E-state index is 12.9. The summed E-state index contributed by atoms with van der Waals surface area (Å²) in [6.07, 6.45) is 0. The van der Waals surface area contributed by atoms with Crippen LogP contribution < -0.4 is 4.74 Å². The summed E-state index contributed by atoms with van der Waals surface area (Å²) in [7, 11) is -3.83. The fourth-order valence-electron chi connectivity index (χ4n) is 3.19. The normalized spacial score (nSPS) is 15.4. The molecule has 3 rings (SSSR count). The minimum Gasteiger partial charge on any atom is -0.507 e. The molecule has 8 heteroatoms. The lowest BCUT2D eigenvalue weighted by Gasteiger charge is -2.34. The summed E-state index contributed by atoms with van der Waals surface area (Å²) in [6.45, 7) is 4.94. The van der Waals surface area contributed by atoms with E-state index in [1.807, 2.05) is 6.92 Å². The van der Waals surface area contributed by atoms with Gasteiger partial charge in [0, 0.05) is 26.2 Å². The molecule has 1 heterocycles. The van der Waals surface area contributed by atoms with E-state index in [0.29, 0.717) is 17.9 Å². The molecule has 1 N–H and O–H groups in total. The van der Waals surface area contributed by atoms with Crippen LogP contribution in [0.5, 0.6) is 11.5 Å². The first-order valence-corrected chi connectivity index (χ1v) is 10.6. The average Bonchev–Trinajstić information content (AvgIpc) is 2.70. The molecule has 0 bridgehead atoms. The van der Waals surface area contributed by atoms with E-state index in [-0.39, 0.29) is 42.7 Å². The van der Waals surface area contributed by atoms with E-state index in [1.165, 1.54) is 16.4 Å². The molecule has 1 amide bonds. The largest absolute Gasteiger partial charge is 0.507 e. The van der Waals surface area contributed by atoms with Crippen LogP contribution in [0.3, 0.4) is 0 Å².